The van der Waals surface area contributed by atoms with Gasteiger partial charge in [-0.05, 0) is 24.7 Å². The minimum Gasteiger partial charge on any atom is -0.467 e. The Balaban J connectivity index is 1.94. The van der Waals surface area contributed by atoms with Crippen molar-refractivity contribution in [1.29, 1.82) is 0 Å². The number of hydrogen-bond donors (Lipinski definition) is 3. The van der Waals surface area contributed by atoms with Gasteiger partial charge in [0.1, 0.15) is 0 Å². The van der Waals surface area contributed by atoms with Crippen LogP contribution < -0.4 is 21.3 Å². The molecule has 1 fully saturated rings. The van der Waals surface area contributed by atoms with Gasteiger partial charge in [0.05, 0.1) is 7.11 Å². The van der Waals surface area contributed by atoms with Crippen molar-refractivity contribution in [3.05, 3.63) is 0 Å². The summed E-state index contributed by atoms with van der Waals surface area (Å²) in [4.78, 5) is 12.3. The second kappa shape index (κ2) is 6.51. The molecule has 0 aromatic carbocycles. The van der Waals surface area contributed by atoms with Gasteiger partial charge in [-0.25, -0.2) is 5.84 Å². The Bertz CT molecular complexity index is 391. The fourth-order valence-electron chi connectivity index (χ4n) is 2.57. The van der Waals surface area contributed by atoms with Crippen LogP contribution in [0.5, 0.6) is 6.01 Å². The zero-order valence-corrected chi connectivity index (χ0v) is 11.5. The standard InChI is InChI=1S/C12H22N6O/c1-8-4-3-5-9(6-8)7-14-10-15-11(18-13)17-12(16-10)19-2/h8-9H,3-7,13H2,1-2H3,(H2,14,15,16,17,18). The van der Waals surface area contributed by atoms with Crippen molar-refractivity contribution in [1.82, 2.24) is 15.0 Å². The Morgan fingerprint density at radius 1 is 1.26 bits per heavy atom. The number of hydrogen-bond acceptors (Lipinski definition) is 7. The van der Waals surface area contributed by atoms with E-state index in [-0.39, 0.29) is 6.01 Å². The van der Waals surface area contributed by atoms with E-state index in [0.29, 0.717) is 17.8 Å². The number of rotatable bonds is 5. The molecular weight excluding hydrogens is 244 g/mol. The highest BCUT2D eigenvalue weighted by Gasteiger charge is 2.19. The summed E-state index contributed by atoms with van der Waals surface area (Å²) in [7, 11) is 1.52. The van der Waals surface area contributed by atoms with Gasteiger partial charge < -0.3 is 10.1 Å². The van der Waals surface area contributed by atoms with Crippen LogP contribution in [0.25, 0.3) is 0 Å². The topological polar surface area (TPSA) is 98.0 Å². The van der Waals surface area contributed by atoms with E-state index in [9.17, 15) is 0 Å². The zero-order valence-electron chi connectivity index (χ0n) is 11.5. The predicted octanol–water partition coefficient (Wildman–Crippen LogP) is 1.40. The fourth-order valence-corrected chi connectivity index (χ4v) is 2.57. The minimum absolute atomic E-state index is 0.252. The Kier molecular flexibility index (Phi) is 4.73. The first-order valence-electron chi connectivity index (χ1n) is 6.71. The second-order valence-electron chi connectivity index (χ2n) is 5.13. The SMILES string of the molecule is COc1nc(NN)nc(NCC2CCCC(C)C2)n1. The van der Waals surface area contributed by atoms with Crippen molar-refractivity contribution in [2.24, 2.45) is 17.7 Å². The molecule has 2 unspecified atom stereocenters. The van der Waals surface area contributed by atoms with Crippen molar-refractivity contribution in [3.8, 4) is 6.01 Å². The minimum atomic E-state index is 0.252. The molecule has 1 saturated carbocycles. The van der Waals surface area contributed by atoms with Crippen LogP contribution in [0, 0.1) is 11.8 Å². The first-order chi connectivity index (χ1) is 9.21. The summed E-state index contributed by atoms with van der Waals surface area (Å²) < 4.78 is 5.01. The van der Waals surface area contributed by atoms with Crippen LogP contribution in [0.4, 0.5) is 11.9 Å². The molecule has 7 nitrogen and oxygen atoms in total. The van der Waals surface area contributed by atoms with Crippen molar-refractivity contribution < 1.29 is 4.74 Å². The van der Waals surface area contributed by atoms with Crippen molar-refractivity contribution in [3.63, 3.8) is 0 Å². The molecule has 0 saturated heterocycles. The number of hydrazine groups is 1. The van der Waals surface area contributed by atoms with Gasteiger partial charge in [-0.2, -0.15) is 15.0 Å². The normalized spacial score (nSPS) is 22.9. The van der Waals surface area contributed by atoms with E-state index in [1.807, 2.05) is 0 Å². The van der Waals surface area contributed by atoms with Gasteiger partial charge in [0, 0.05) is 6.54 Å². The summed E-state index contributed by atoms with van der Waals surface area (Å²) in [5.74, 6) is 7.60. The fraction of sp³-hybridized carbons (Fsp3) is 0.750. The van der Waals surface area contributed by atoms with E-state index < -0.39 is 0 Å². The van der Waals surface area contributed by atoms with E-state index >= 15 is 0 Å². The second-order valence-corrected chi connectivity index (χ2v) is 5.13. The number of nitrogens with one attached hydrogen (secondary N) is 2. The van der Waals surface area contributed by atoms with Gasteiger partial charge >= 0.3 is 6.01 Å². The molecule has 0 radical (unpaired) electrons. The lowest BCUT2D eigenvalue weighted by molar-refractivity contribution is 0.293. The first kappa shape index (κ1) is 13.8. The molecule has 19 heavy (non-hydrogen) atoms. The third-order valence-corrected chi connectivity index (χ3v) is 3.52. The predicted molar refractivity (Wildman–Crippen MR) is 73.8 cm³/mol. The smallest absolute Gasteiger partial charge is 0.322 e. The summed E-state index contributed by atoms with van der Waals surface area (Å²) in [6, 6.07) is 0.252. The van der Waals surface area contributed by atoms with Crippen LogP contribution in [0.3, 0.4) is 0 Å². The van der Waals surface area contributed by atoms with Crippen LogP contribution in [-0.2, 0) is 0 Å². The summed E-state index contributed by atoms with van der Waals surface area (Å²) in [6.07, 6.45) is 5.18. The Hall–Kier alpha value is -1.63. The highest BCUT2D eigenvalue weighted by Crippen LogP contribution is 2.28. The average Bonchev–Trinajstić information content (AvgIpc) is 2.44. The summed E-state index contributed by atoms with van der Waals surface area (Å²) >= 11 is 0. The third-order valence-electron chi connectivity index (χ3n) is 3.52. The Morgan fingerprint density at radius 2 is 2.05 bits per heavy atom. The maximum Gasteiger partial charge on any atom is 0.322 e. The Morgan fingerprint density at radius 3 is 2.74 bits per heavy atom. The van der Waals surface area contributed by atoms with Crippen LogP contribution in [-0.4, -0.2) is 28.6 Å². The molecule has 0 spiro atoms. The van der Waals surface area contributed by atoms with Crippen LogP contribution >= 0.6 is 0 Å². The highest BCUT2D eigenvalue weighted by atomic mass is 16.5. The van der Waals surface area contributed by atoms with Crippen LogP contribution in [0.15, 0.2) is 0 Å². The first-order valence-corrected chi connectivity index (χ1v) is 6.71. The van der Waals surface area contributed by atoms with Crippen LogP contribution in [0.2, 0.25) is 0 Å². The van der Waals surface area contributed by atoms with Gasteiger partial charge in [-0.3, -0.25) is 5.43 Å². The third kappa shape index (κ3) is 3.92. The number of nitrogens with zero attached hydrogens (tertiary/aromatic N) is 3. The van der Waals surface area contributed by atoms with Gasteiger partial charge in [-0.15, -0.1) is 0 Å². The summed E-state index contributed by atoms with van der Waals surface area (Å²) in [6.45, 7) is 3.19. The molecule has 0 aliphatic heterocycles. The van der Waals surface area contributed by atoms with Gasteiger partial charge in [0.15, 0.2) is 0 Å². The van der Waals surface area contributed by atoms with Gasteiger partial charge in [0.25, 0.3) is 0 Å². The van der Waals surface area contributed by atoms with Crippen molar-refractivity contribution >= 4 is 11.9 Å². The monoisotopic (exact) mass is 266 g/mol. The molecule has 1 aromatic rings. The van der Waals surface area contributed by atoms with E-state index in [2.05, 4.69) is 32.6 Å². The molecule has 1 aliphatic carbocycles. The number of ether oxygens (including phenoxy) is 1. The zero-order chi connectivity index (χ0) is 13.7. The molecule has 4 N–H and O–H groups in total. The van der Waals surface area contributed by atoms with Crippen molar-refractivity contribution in [2.45, 2.75) is 32.6 Å². The Labute approximate surface area is 113 Å². The molecule has 7 heteroatoms. The lowest BCUT2D eigenvalue weighted by Gasteiger charge is -2.26. The van der Waals surface area contributed by atoms with Gasteiger partial charge in [-0.1, -0.05) is 19.8 Å². The van der Waals surface area contributed by atoms with E-state index in [1.54, 1.807) is 0 Å². The largest absolute Gasteiger partial charge is 0.467 e. The number of aromatic nitrogens is 3. The van der Waals surface area contributed by atoms with Gasteiger partial charge in [0.2, 0.25) is 11.9 Å². The van der Waals surface area contributed by atoms with E-state index in [1.165, 1.54) is 32.8 Å². The number of methoxy groups -OCH3 is 1. The molecule has 1 aromatic heterocycles. The molecule has 1 heterocycles. The summed E-state index contributed by atoms with van der Waals surface area (Å²) in [5.41, 5.74) is 2.40. The maximum atomic E-state index is 5.31. The molecule has 0 amide bonds. The lowest BCUT2D eigenvalue weighted by atomic mass is 9.82. The molecule has 106 valence electrons. The lowest BCUT2D eigenvalue weighted by Crippen LogP contribution is -2.22. The summed E-state index contributed by atoms with van der Waals surface area (Å²) in [5, 5.41) is 3.25. The van der Waals surface area contributed by atoms with Crippen LogP contribution in [0.1, 0.15) is 32.6 Å². The number of nitrogens with two attached hydrogens (primary N) is 1. The molecule has 2 rings (SSSR count). The molecular formula is C12H22N6O. The maximum absolute atomic E-state index is 5.31. The van der Waals surface area contributed by atoms with E-state index in [4.69, 9.17) is 10.6 Å². The average molecular weight is 266 g/mol. The highest BCUT2D eigenvalue weighted by molar-refractivity contribution is 5.34. The molecule has 0 bridgehead atoms. The number of anilines is 2. The quantitative estimate of drug-likeness (QED) is 0.547. The van der Waals surface area contributed by atoms with Crippen molar-refractivity contribution in [2.75, 3.05) is 24.4 Å². The van der Waals surface area contributed by atoms with E-state index in [0.717, 1.165) is 12.5 Å². The molecule has 1 aliphatic rings. The number of nitrogen functional groups attached to an aromatic ring is 1. The molecule has 2 atom stereocenters.